The van der Waals surface area contributed by atoms with E-state index in [1.165, 1.54) is 12.1 Å². The van der Waals surface area contributed by atoms with Crippen molar-refractivity contribution < 1.29 is 18.7 Å². The normalized spacial score (nSPS) is 11.7. The molecule has 0 saturated heterocycles. The van der Waals surface area contributed by atoms with Crippen LogP contribution in [-0.4, -0.2) is 24.5 Å². The topological polar surface area (TPSA) is 67.4 Å². The molecule has 1 atom stereocenters. The molecule has 0 heterocycles. The summed E-state index contributed by atoms with van der Waals surface area (Å²) in [7, 11) is 0. The number of carbonyl (C=O) groups is 2. The zero-order valence-corrected chi connectivity index (χ0v) is 15.8. The minimum Gasteiger partial charge on any atom is -0.478 e. The Labute approximate surface area is 158 Å². The third-order valence-electron chi connectivity index (χ3n) is 3.87. The molecule has 0 spiro atoms. The molecular formula is C21H25FN2O3. The summed E-state index contributed by atoms with van der Waals surface area (Å²) in [6.07, 6.45) is -0.532. The lowest BCUT2D eigenvalue weighted by molar-refractivity contribution is -0.122. The van der Waals surface area contributed by atoms with Gasteiger partial charge in [0.1, 0.15) is 0 Å². The Morgan fingerprint density at radius 1 is 1.07 bits per heavy atom. The van der Waals surface area contributed by atoms with Crippen molar-refractivity contribution in [3.8, 4) is 5.75 Å². The Balaban J connectivity index is 2.12. The molecule has 27 heavy (non-hydrogen) atoms. The number of nitrogens with one attached hydrogen (secondary N) is 2. The molecular weight excluding hydrogens is 347 g/mol. The maximum Gasteiger partial charge on any atom is 0.265 e. The van der Waals surface area contributed by atoms with Gasteiger partial charge in [-0.05, 0) is 36.6 Å². The summed E-state index contributed by atoms with van der Waals surface area (Å²) in [5.41, 5.74) is 0.756. The minimum absolute atomic E-state index is 0.0162. The molecule has 0 aliphatic heterocycles. The fourth-order valence-corrected chi connectivity index (χ4v) is 2.41. The van der Waals surface area contributed by atoms with Gasteiger partial charge in [-0.2, -0.15) is 0 Å². The molecule has 0 unspecified atom stereocenters. The van der Waals surface area contributed by atoms with Gasteiger partial charge >= 0.3 is 0 Å². The van der Waals surface area contributed by atoms with E-state index in [2.05, 4.69) is 10.6 Å². The highest BCUT2D eigenvalue weighted by atomic mass is 19.1. The lowest BCUT2D eigenvalue weighted by Crippen LogP contribution is -2.34. The number of ether oxygens (including phenoxy) is 1. The highest BCUT2D eigenvalue weighted by Gasteiger charge is 2.22. The molecule has 144 valence electrons. The van der Waals surface area contributed by atoms with E-state index in [0.29, 0.717) is 30.1 Å². The Bertz CT molecular complexity index is 793. The molecule has 2 aromatic rings. The fourth-order valence-electron chi connectivity index (χ4n) is 2.41. The van der Waals surface area contributed by atoms with Crippen LogP contribution in [-0.2, 0) is 4.79 Å². The number of rotatable bonds is 8. The lowest BCUT2D eigenvalue weighted by atomic mass is 10.1. The van der Waals surface area contributed by atoms with Crippen LogP contribution in [0.25, 0.3) is 0 Å². The van der Waals surface area contributed by atoms with Gasteiger partial charge in [0.25, 0.3) is 11.8 Å². The Kier molecular flexibility index (Phi) is 7.34. The SMILES string of the molecule is CC[C@@H](Oc1ccccc1F)C(=O)Nc1ccccc1C(=O)NCC(C)C. The lowest BCUT2D eigenvalue weighted by Gasteiger charge is -2.19. The van der Waals surface area contributed by atoms with E-state index in [-0.39, 0.29) is 11.7 Å². The van der Waals surface area contributed by atoms with Crippen LogP contribution in [0.3, 0.4) is 0 Å². The smallest absolute Gasteiger partial charge is 0.265 e. The van der Waals surface area contributed by atoms with E-state index >= 15 is 0 Å². The molecule has 0 radical (unpaired) electrons. The van der Waals surface area contributed by atoms with Gasteiger partial charge in [0.05, 0.1) is 11.3 Å². The summed E-state index contributed by atoms with van der Waals surface area (Å²) in [6.45, 7) is 6.31. The first kappa shape index (κ1) is 20.4. The van der Waals surface area contributed by atoms with E-state index in [4.69, 9.17) is 4.74 Å². The maximum atomic E-state index is 13.8. The minimum atomic E-state index is -0.881. The third-order valence-corrected chi connectivity index (χ3v) is 3.87. The van der Waals surface area contributed by atoms with E-state index in [1.54, 1.807) is 43.3 Å². The van der Waals surface area contributed by atoms with Crippen LogP contribution in [0.5, 0.6) is 5.75 Å². The van der Waals surface area contributed by atoms with Crippen molar-refractivity contribution in [1.82, 2.24) is 5.32 Å². The molecule has 0 fully saturated rings. The summed E-state index contributed by atoms with van der Waals surface area (Å²) >= 11 is 0. The van der Waals surface area contributed by atoms with Crippen LogP contribution in [0.4, 0.5) is 10.1 Å². The second kappa shape index (κ2) is 9.71. The van der Waals surface area contributed by atoms with Crippen LogP contribution < -0.4 is 15.4 Å². The van der Waals surface area contributed by atoms with Crippen molar-refractivity contribution in [2.45, 2.75) is 33.3 Å². The van der Waals surface area contributed by atoms with Crippen LogP contribution in [0.15, 0.2) is 48.5 Å². The third kappa shape index (κ3) is 5.81. The van der Waals surface area contributed by atoms with E-state index in [9.17, 15) is 14.0 Å². The van der Waals surface area contributed by atoms with Gasteiger partial charge in [-0.15, -0.1) is 0 Å². The first-order valence-electron chi connectivity index (χ1n) is 9.01. The first-order chi connectivity index (χ1) is 12.9. The number of anilines is 1. The van der Waals surface area contributed by atoms with Crippen LogP contribution in [0.1, 0.15) is 37.6 Å². The van der Waals surface area contributed by atoms with Crippen molar-refractivity contribution in [2.75, 3.05) is 11.9 Å². The van der Waals surface area contributed by atoms with Gasteiger partial charge in [0.2, 0.25) is 0 Å². The summed E-state index contributed by atoms with van der Waals surface area (Å²) in [5.74, 6) is -0.901. The molecule has 6 heteroatoms. The second-order valence-electron chi connectivity index (χ2n) is 6.58. The summed E-state index contributed by atoms with van der Waals surface area (Å²) in [6, 6.07) is 12.7. The second-order valence-corrected chi connectivity index (χ2v) is 6.58. The van der Waals surface area contributed by atoms with Crippen molar-refractivity contribution in [3.05, 3.63) is 59.9 Å². The van der Waals surface area contributed by atoms with Gasteiger partial charge in [0, 0.05) is 6.54 Å². The van der Waals surface area contributed by atoms with Crippen LogP contribution >= 0.6 is 0 Å². The molecule has 2 N–H and O–H groups in total. The number of halogens is 1. The fraction of sp³-hybridized carbons (Fsp3) is 0.333. The van der Waals surface area contributed by atoms with Crippen molar-refractivity contribution in [2.24, 2.45) is 5.92 Å². The average molecular weight is 372 g/mol. The number of amides is 2. The quantitative estimate of drug-likeness (QED) is 0.736. The molecule has 0 aliphatic rings. The number of hydrogen-bond donors (Lipinski definition) is 2. The molecule has 5 nitrogen and oxygen atoms in total. The highest BCUT2D eigenvalue weighted by Crippen LogP contribution is 2.20. The molecule has 2 rings (SSSR count). The summed E-state index contributed by atoms with van der Waals surface area (Å²) in [5, 5.41) is 5.55. The van der Waals surface area contributed by atoms with E-state index in [0.717, 1.165) is 0 Å². The van der Waals surface area contributed by atoms with Crippen LogP contribution in [0.2, 0.25) is 0 Å². The van der Waals surface area contributed by atoms with Gasteiger partial charge in [-0.1, -0.05) is 45.0 Å². The molecule has 2 amide bonds. The maximum absolute atomic E-state index is 13.8. The predicted molar refractivity (Wildman–Crippen MR) is 103 cm³/mol. The standard InChI is InChI=1S/C21H25FN2O3/c1-4-18(27-19-12-8-6-10-16(19)22)21(26)24-17-11-7-5-9-15(17)20(25)23-13-14(2)3/h5-12,14,18H,4,13H2,1-3H3,(H,23,25)(H,24,26)/t18-/m1/s1. The first-order valence-corrected chi connectivity index (χ1v) is 9.01. The summed E-state index contributed by atoms with van der Waals surface area (Å²) < 4.78 is 19.3. The summed E-state index contributed by atoms with van der Waals surface area (Å²) in [4.78, 5) is 25.0. The van der Waals surface area contributed by atoms with E-state index in [1.807, 2.05) is 13.8 Å². The molecule has 0 aliphatic carbocycles. The van der Waals surface area contributed by atoms with Crippen LogP contribution in [0, 0.1) is 11.7 Å². The Morgan fingerprint density at radius 3 is 2.41 bits per heavy atom. The zero-order chi connectivity index (χ0) is 19.8. The molecule has 0 saturated carbocycles. The van der Waals surface area contributed by atoms with Crippen molar-refractivity contribution >= 4 is 17.5 Å². The number of carbonyl (C=O) groups excluding carboxylic acids is 2. The Morgan fingerprint density at radius 2 is 1.74 bits per heavy atom. The van der Waals surface area contributed by atoms with Gasteiger partial charge in [-0.3, -0.25) is 9.59 Å². The monoisotopic (exact) mass is 372 g/mol. The van der Waals surface area contributed by atoms with Crippen molar-refractivity contribution in [1.29, 1.82) is 0 Å². The molecule has 0 aromatic heterocycles. The predicted octanol–water partition coefficient (Wildman–Crippen LogP) is 4.01. The van der Waals surface area contributed by atoms with Gasteiger partial charge in [0.15, 0.2) is 17.7 Å². The zero-order valence-electron chi connectivity index (χ0n) is 15.8. The van der Waals surface area contributed by atoms with Gasteiger partial charge in [-0.25, -0.2) is 4.39 Å². The number of hydrogen-bond acceptors (Lipinski definition) is 3. The molecule has 2 aromatic carbocycles. The number of benzene rings is 2. The molecule has 0 bridgehead atoms. The number of para-hydroxylation sites is 2. The van der Waals surface area contributed by atoms with E-state index < -0.39 is 17.8 Å². The largest absolute Gasteiger partial charge is 0.478 e. The highest BCUT2D eigenvalue weighted by molar-refractivity contribution is 6.04. The van der Waals surface area contributed by atoms with Crippen molar-refractivity contribution in [3.63, 3.8) is 0 Å². The van der Waals surface area contributed by atoms with Gasteiger partial charge < -0.3 is 15.4 Å². The Hall–Kier alpha value is -2.89. The average Bonchev–Trinajstić information content (AvgIpc) is 2.65.